The van der Waals surface area contributed by atoms with Gasteiger partial charge >= 0.3 is 0 Å². The van der Waals surface area contributed by atoms with Crippen molar-refractivity contribution >= 4 is 5.91 Å². The number of carbonyl (C=O) groups is 1. The Bertz CT molecular complexity index is 435. The fraction of sp³-hybridized carbons (Fsp3) is 0.500. The standard InChI is InChI=1S/C14H23N3O/c1-9-5-6-11(14(2,3)4)7-10(9)8-12(15)13(18)17-16/h5-7,12H,8,15-16H2,1-4H3,(H,17,18). The highest BCUT2D eigenvalue weighted by atomic mass is 16.2. The Kier molecular flexibility index (Phi) is 4.48. The highest BCUT2D eigenvalue weighted by Crippen LogP contribution is 2.24. The highest BCUT2D eigenvalue weighted by molar-refractivity contribution is 5.81. The summed E-state index contributed by atoms with van der Waals surface area (Å²) in [6, 6.07) is 5.71. The maximum Gasteiger partial charge on any atom is 0.251 e. The second-order valence-electron chi connectivity index (χ2n) is 5.71. The lowest BCUT2D eigenvalue weighted by Crippen LogP contribution is -2.45. The normalized spacial score (nSPS) is 13.2. The number of carbonyl (C=O) groups excluding carboxylic acids is 1. The monoisotopic (exact) mass is 249 g/mol. The second kappa shape index (κ2) is 5.50. The first-order chi connectivity index (χ1) is 8.25. The van der Waals surface area contributed by atoms with Crippen LogP contribution in [0.15, 0.2) is 18.2 Å². The fourth-order valence-corrected chi connectivity index (χ4v) is 1.79. The van der Waals surface area contributed by atoms with E-state index in [0.717, 1.165) is 11.1 Å². The van der Waals surface area contributed by atoms with Gasteiger partial charge in [-0.3, -0.25) is 10.2 Å². The quantitative estimate of drug-likeness (QED) is 0.427. The summed E-state index contributed by atoms with van der Waals surface area (Å²) in [4.78, 5) is 11.3. The van der Waals surface area contributed by atoms with E-state index in [2.05, 4.69) is 44.4 Å². The van der Waals surface area contributed by atoms with Crippen molar-refractivity contribution < 1.29 is 4.79 Å². The lowest BCUT2D eigenvalue weighted by Gasteiger charge is -2.21. The molecule has 0 fully saturated rings. The molecule has 0 aliphatic heterocycles. The Morgan fingerprint density at radius 1 is 1.39 bits per heavy atom. The molecular formula is C14H23N3O. The molecule has 1 amide bonds. The summed E-state index contributed by atoms with van der Waals surface area (Å²) in [5.74, 6) is 4.75. The van der Waals surface area contributed by atoms with Crippen LogP contribution >= 0.6 is 0 Å². The van der Waals surface area contributed by atoms with E-state index in [4.69, 9.17) is 11.6 Å². The van der Waals surface area contributed by atoms with Crippen molar-refractivity contribution in [1.29, 1.82) is 0 Å². The van der Waals surface area contributed by atoms with Gasteiger partial charge in [-0.2, -0.15) is 0 Å². The van der Waals surface area contributed by atoms with E-state index in [-0.39, 0.29) is 11.3 Å². The third-order valence-electron chi connectivity index (χ3n) is 3.13. The second-order valence-corrected chi connectivity index (χ2v) is 5.71. The Balaban J connectivity index is 2.98. The molecule has 0 aliphatic rings. The highest BCUT2D eigenvalue weighted by Gasteiger charge is 2.17. The molecule has 1 unspecified atom stereocenters. The van der Waals surface area contributed by atoms with Crippen molar-refractivity contribution in [2.75, 3.05) is 0 Å². The van der Waals surface area contributed by atoms with E-state index in [1.165, 1.54) is 5.56 Å². The van der Waals surface area contributed by atoms with Crippen LogP contribution in [0.3, 0.4) is 0 Å². The maximum atomic E-state index is 11.3. The molecule has 0 aromatic heterocycles. The molecule has 0 saturated heterocycles. The zero-order chi connectivity index (χ0) is 13.9. The Morgan fingerprint density at radius 2 is 2.00 bits per heavy atom. The van der Waals surface area contributed by atoms with Crippen molar-refractivity contribution in [3.8, 4) is 0 Å². The van der Waals surface area contributed by atoms with Crippen LogP contribution in [0.4, 0.5) is 0 Å². The van der Waals surface area contributed by atoms with E-state index in [0.29, 0.717) is 6.42 Å². The van der Waals surface area contributed by atoms with E-state index < -0.39 is 6.04 Å². The van der Waals surface area contributed by atoms with Crippen LogP contribution in [0.5, 0.6) is 0 Å². The number of amides is 1. The predicted octanol–water partition coefficient (Wildman–Crippen LogP) is 1.15. The minimum Gasteiger partial charge on any atom is -0.320 e. The van der Waals surface area contributed by atoms with E-state index in [9.17, 15) is 4.79 Å². The van der Waals surface area contributed by atoms with E-state index in [1.54, 1.807) is 0 Å². The molecular weight excluding hydrogens is 226 g/mol. The van der Waals surface area contributed by atoms with Gasteiger partial charge in [0.1, 0.15) is 0 Å². The van der Waals surface area contributed by atoms with E-state index in [1.807, 2.05) is 6.92 Å². The Labute approximate surface area is 109 Å². The fourth-order valence-electron chi connectivity index (χ4n) is 1.79. The first-order valence-electron chi connectivity index (χ1n) is 6.11. The molecule has 1 atom stereocenters. The average molecular weight is 249 g/mol. The van der Waals surface area contributed by atoms with E-state index >= 15 is 0 Å². The number of benzene rings is 1. The summed E-state index contributed by atoms with van der Waals surface area (Å²) in [6.45, 7) is 8.50. The van der Waals surface area contributed by atoms with Gasteiger partial charge in [0.2, 0.25) is 0 Å². The minimum atomic E-state index is -0.607. The number of rotatable bonds is 3. The van der Waals surface area contributed by atoms with Gasteiger partial charge in [-0.05, 0) is 35.4 Å². The van der Waals surface area contributed by atoms with Crippen LogP contribution in [0.25, 0.3) is 0 Å². The molecule has 0 heterocycles. The molecule has 0 aliphatic carbocycles. The smallest absolute Gasteiger partial charge is 0.251 e. The third kappa shape index (κ3) is 3.55. The van der Waals surface area contributed by atoms with Crippen LogP contribution in [0.2, 0.25) is 0 Å². The van der Waals surface area contributed by atoms with Crippen LogP contribution in [-0.4, -0.2) is 11.9 Å². The van der Waals surface area contributed by atoms with Gasteiger partial charge in [0.05, 0.1) is 6.04 Å². The Hall–Kier alpha value is -1.39. The summed E-state index contributed by atoms with van der Waals surface area (Å²) in [7, 11) is 0. The predicted molar refractivity (Wildman–Crippen MR) is 73.9 cm³/mol. The maximum absolute atomic E-state index is 11.3. The SMILES string of the molecule is Cc1ccc(C(C)(C)C)cc1CC(N)C(=O)NN. The molecule has 5 N–H and O–H groups in total. The lowest BCUT2D eigenvalue weighted by atomic mass is 9.84. The largest absolute Gasteiger partial charge is 0.320 e. The number of aryl methyl sites for hydroxylation is 1. The molecule has 0 spiro atoms. The van der Waals surface area contributed by atoms with Crippen molar-refractivity contribution in [1.82, 2.24) is 5.43 Å². The lowest BCUT2D eigenvalue weighted by molar-refractivity contribution is -0.122. The summed E-state index contributed by atoms with van der Waals surface area (Å²) in [5.41, 5.74) is 11.4. The number of nitrogens with one attached hydrogen (secondary N) is 1. The molecule has 1 rings (SSSR count). The van der Waals surface area contributed by atoms with Crippen molar-refractivity contribution in [3.05, 3.63) is 34.9 Å². The summed E-state index contributed by atoms with van der Waals surface area (Å²) >= 11 is 0. The number of hydrogen-bond donors (Lipinski definition) is 3. The van der Waals surface area contributed by atoms with Crippen LogP contribution in [0.1, 0.15) is 37.5 Å². The van der Waals surface area contributed by atoms with Crippen LogP contribution < -0.4 is 17.0 Å². The zero-order valence-corrected chi connectivity index (χ0v) is 11.6. The molecule has 100 valence electrons. The molecule has 0 saturated carbocycles. The van der Waals surface area contributed by atoms with Gasteiger partial charge in [-0.15, -0.1) is 0 Å². The van der Waals surface area contributed by atoms with Gasteiger partial charge < -0.3 is 5.73 Å². The molecule has 1 aromatic carbocycles. The van der Waals surface area contributed by atoms with Gasteiger partial charge in [-0.1, -0.05) is 39.0 Å². The third-order valence-corrected chi connectivity index (χ3v) is 3.13. The van der Waals surface area contributed by atoms with Gasteiger partial charge in [0.25, 0.3) is 5.91 Å². The first-order valence-corrected chi connectivity index (χ1v) is 6.11. The van der Waals surface area contributed by atoms with Crippen molar-refractivity contribution in [2.45, 2.75) is 45.6 Å². The number of nitrogens with two attached hydrogens (primary N) is 2. The molecule has 4 heteroatoms. The molecule has 1 aromatic rings. The molecule has 0 bridgehead atoms. The molecule has 18 heavy (non-hydrogen) atoms. The summed E-state index contributed by atoms with van der Waals surface area (Å²) in [5, 5.41) is 0. The minimum absolute atomic E-state index is 0.0860. The van der Waals surface area contributed by atoms with Crippen molar-refractivity contribution in [3.63, 3.8) is 0 Å². The number of hydrogen-bond acceptors (Lipinski definition) is 3. The topological polar surface area (TPSA) is 81.1 Å². The first kappa shape index (κ1) is 14.7. The van der Waals surface area contributed by atoms with Gasteiger partial charge in [0.15, 0.2) is 0 Å². The van der Waals surface area contributed by atoms with Gasteiger partial charge in [0, 0.05) is 0 Å². The average Bonchev–Trinajstić information content (AvgIpc) is 2.29. The Morgan fingerprint density at radius 3 is 2.50 bits per heavy atom. The van der Waals surface area contributed by atoms with Crippen LogP contribution in [0, 0.1) is 6.92 Å². The molecule has 0 radical (unpaired) electrons. The summed E-state index contributed by atoms with van der Waals surface area (Å²) in [6.07, 6.45) is 0.499. The molecule has 4 nitrogen and oxygen atoms in total. The van der Waals surface area contributed by atoms with Crippen molar-refractivity contribution in [2.24, 2.45) is 11.6 Å². The number of hydrazine groups is 1. The zero-order valence-electron chi connectivity index (χ0n) is 11.6. The summed E-state index contributed by atoms with van der Waals surface area (Å²) < 4.78 is 0. The van der Waals surface area contributed by atoms with Crippen LogP contribution in [-0.2, 0) is 16.6 Å². The van der Waals surface area contributed by atoms with Gasteiger partial charge in [-0.25, -0.2) is 5.84 Å².